The zero-order chi connectivity index (χ0) is 39.3. The number of carbonyl (C=O) groups excluding carboxylic acids is 2. The van der Waals surface area contributed by atoms with Crippen molar-refractivity contribution in [3.05, 3.63) is 24.3 Å². The smallest absolute Gasteiger partial charge is 0.504 e. The van der Waals surface area contributed by atoms with Crippen LogP contribution in [-0.4, -0.2) is 114 Å². The van der Waals surface area contributed by atoms with Crippen LogP contribution < -0.4 is 0 Å². The molecule has 6 saturated heterocycles. The Morgan fingerprint density at radius 2 is 1.04 bits per heavy atom. The first kappa shape index (κ1) is 39.9. The van der Waals surface area contributed by atoms with Gasteiger partial charge in [0.1, 0.15) is 12.2 Å². The summed E-state index contributed by atoms with van der Waals surface area (Å²) in [5.41, 5.74) is -1.64. The average molecular weight is 776 g/mol. The van der Waals surface area contributed by atoms with Crippen LogP contribution in [0.4, 0.5) is 0 Å². The molecular formula is C40H60BO14-. The Kier molecular flexibility index (Phi) is 10.2. The number of hydrogen-bond acceptors (Lipinski definition) is 14. The van der Waals surface area contributed by atoms with E-state index in [-0.39, 0.29) is 12.2 Å². The van der Waals surface area contributed by atoms with Crippen molar-refractivity contribution >= 4 is 18.9 Å². The van der Waals surface area contributed by atoms with Crippen LogP contribution >= 0.6 is 0 Å². The zero-order valence-electron chi connectivity index (χ0n) is 33.4. The number of carbonyl (C=O) groups is 2. The van der Waals surface area contributed by atoms with Gasteiger partial charge in [0.15, 0.2) is 23.8 Å². The third-order valence-corrected chi connectivity index (χ3v) is 14.3. The third-order valence-electron chi connectivity index (χ3n) is 14.3. The second-order valence-electron chi connectivity index (χ2n) is 18.6. The van der Waals surface area contributed by atoms with E-state index < -0.39 is 114 Å². The first-order valence-electron chi connectivity index (χ1n) is 20.5. The van der Waals surface area contributed by atoms with E-state index in [0.29, 0.717) is 51.4 Å². The molecule has 15 heteroatoms. The summed E-state index contributed by atoms with van der Waals surface area (Å²) in [6.07, 6.45) is 2.49. The number of hydrogen-bond donors (Lipinski definition) is 2. The van der Waals surface area contributed by atoms with Gasteiger partial charge in [-0.3, -0.25) is 0 Å². The van der Waals surface area contributed by atoms with Crippen LogP contribution in [0.5, 0.6) is 0 Å². The van der Waals surface area contributed by atoms with Crippen LogP contribution in [0.15, 0.2) is 24.3 Å². The molecule has 6 fully saturated rings. The van der Waals surface area contributed by atoms with Gasteiger partial charge in [-0.15, -0.1) is 0 Å². The monoisotopic (exact) mass is 775 g/mol. The van der Waals surface area contributed by atoms with E-state index in [1.807, 2.05) is 79.7 Å². The third kappa shape index (κ3) is 6.66. The van der Waals surface area contributed by atoms with Gasteiger partial charge >= 0.3 is 18.9 Å². The van der Waals surface area contributed by atoms with Gasteiger partial charge < -0.3 is 57.3 Å². The Morgan fingerprint density at radius 1 is 0.636 bits per heavy atom. The Labute approximate surface area is 323 Å². The second-order valence-corrected chi connectivity index (χ2v) is 18.6. The first-order chi connectivity index (χ1) is 25.9. The summed E-state index contributed by atoms with van der Waals surface area (Å²) in [6, 6.07) is 0. The lowest BCUT2D eigenvalue weighted by Gasteiger charge is -2.52. The topological polar surface area (TPSA) is 167 Å². The highest BCUT2D eigenvalue weighted by Gasteiger charge is 2.73. The number of ether oxygens (including phenoxy) is 6. The van der Waals surface area contributed by atoms with Gasteiger partial charge in [-0.05, 0) is 52.4 Å². The SMILES string of the molecule is C[C@@H]1CC[C@@H]2O[C@]13O[B-]14O[C@H]3C(=O)O[C@H]3C[C@@H](/C=C\C[C@@H](O)C(C)(C)[C@@H]5CC[C@@H](C)[C@](O5)(O1)[C@@H](O4)C(=O)O[C@H]1C[C@@H](/C=C\C[C@@H](O)C2(C)C)O[C@@H]1C)O[C@@H]3C. The molecule has 2 N–H and O–H groups in total. The highest BCUT2D eigenvalue weighted by molar-refractivity contribution is 6.56. The number of esters is 2. The molecule has 55 heavy (non-hydrogen) atoms. The van der Waals surface area contributed by atoms with E-state index >= 15 is 0 Å². The fraction of sp³-hybridized carbons (Fsp3) is 0.850. The fourth-order valence-corrected chi connectivity index (χ4v) is 10.1. The van der Waals surface area contributed by atoms with Gasteiger partial charge in [-0.2, -0.15) is 0 Å². The summed E-state index contributed by atoms with van der Waals surface area (Å²) in [5.74, 6) is -6.02. The Hall–Kier alpha value is -1.92. The van der Waals surface area contributed by atoms with Crippen molar-refractivity contribution < 1.29 is 66.8 Å². The van der Waals surface area contributed by atoms with Crippen LogP contribution in [0.3, 0.4) is 0 Å². The Balaban J connectivity index is 1.27. The molecule has 308 valence electrons. The van der Waals surface area contributed by atoms with E-state index in [0.717, 1.165) is 0 Å². The standard InChI is InChI=1S/C40H60BO14/c1-21-15-17-31-37(5,6)29(42)13-9-11-26-20-28(24(4)47-26)49-36(45)34-40-22(2)16-18-32(51-40)38(7,8)30(43)14-10-12-25-19-27(23(3)46-25)48-35(44)33-39(21,50-31)54-41(52-33,53-34)55-40/h9-12,21-34,42-43H,13-20H2,1-8H3/q-1/b11-9-,12-10-/t21-,22-,23-,24-,25-,26-,27+,28+,29-,30-,31+,32+,33+,34+,39+,40+,41?/m1/s1. The summed E-state index contributed by atoms with van der Waals surface area (Å²) in [7, 11) is 0. The van der Waals surface area contributed by atoms with Crippen LogP contribution in [-0.2, 0) is 56.6 Å². The van der Waals surface area contributed by atoms with Crippen molar-refractivity contribution in [3.8, 4) is 0 Å². The van der Waals surface area contributed by atoms with Crippen LogP contribution in [0, 0.1) is 22.7 Å². The van der Waals surface area contributed by atoms with Gasteiger partial charge in [0.2, 0.25) is 0 Å². The molecule has 0 aromatic heterocycles. The molecule has 8 rings (SSSR count). The molecule has 0 unspecified atom stereocenters. The lowest BCUT2D eigenvalue weighted by molar-refractivity contribution is -0.310. The maximum Gasteiger partial charge on any atom is 0.536 e. The molecule has 0 amide bonds. The molecule has 0 aromatic rings. The molecule has 16 atom stereocenters. The van der Waals surface area contributed by atoms with Crippen molar-refractivity contribution in [3.63, 3.8) is 0 Å². The maximum atomic E-state index is 14.6. The normalized spacial score (nSPS) is 53.3. The van der Waals surface area contributed by atoms with Gasteiger partial charge in [0.05, 0.1) is 48.8 Å². The summed E-state index contributed by atoms with van der Waals surface area (Å²) < 4.78 is 65.8. The zero-order valence-corrected chi connectivity index (χ0v) is 33.4. The number of fused-ring (bicyclic) bond motifs is 8. The molecule has 0 saturated carbocycles. The molecule has 8 aliphatic rings. The van der Waals surface area contributed by atoms with E-state index in [1.165, 1.54) is 0 Å². The van der Waals surface area contributed by atoms with Gasteiger partial charge in [0, 0.05) is 35.5 Å². The highest BCUT2D eigenvalue weighted by atomic mass is 17.0. The number of aliphatic hydroxyl groups excluding tert-OH is 2. The van der Waals surface area contributed by atoms with E-state index in [1.54, 1.807) is 0 Å². The van der Waals surface area contributed by atoms with Crippen LogP contribution in [0.25, 0.3) is 0 Å². The largest absolute Gasteiger partial charge is 0.536 e. The Bertz CT molecular complexity index is 1440. The molecule has 8 heterocycles. The van der Waals surface area contributed by atoms with Gasteiger partial charge in [0.25, 0.3) is 0 Å². The lowest BCUT2D eigenvalue weighted by atomic mass is 9.73. The van der Waals surface area contributed by atoms with Gasteiger partial charge in [-0.1, -0.05) is 65.8 Å². The maximum absolute atomic E-state index is 14.6. The summed E-state index contributed by atoms with van der Waals surface area (Å²) in [5, 5.41) is 23.3. The minimum atomic E-state index is -3.42. The van der Waals surface area contributed by atoms with E-state index in [4.69, 9.17) is 47.0 Å². The van der Waals surface area contributed by atoms with Crippen molar-refractivity contribution in [2.24, 2.45) is 22.7 Å². The number of aliphatic hydroxyl groups is 2. The fourth-order valence-electron chi connectivity index (χ4n) is 10.1. The molecule has 0 aliphatic carbocycles. The minimum Gasteiger partial charge on any atom is -0.504 e. The average Bonchev–Trinajstić information content (AvgIpc) is 3.84. The number of rotatable bonds is 0. The summed E-state index contributed by atoms with van der Waals surface area (Å²) >= 11 is 0. The van der Waals surface area contributed by atoms with E-state index in [9.17, 15) is 19.8 Å². The van der Waals surface area contributed by atoms with Crippen LogP contribution in [0.2, 0.25) is 0 Å². The molecule has 3 spiro atoms. The van der Waals surface area contributed by atoms with Crippen molar-refractivity contribution in [2.75, 3.05) is 0 Å². The van der Waals surface area contributed by atoms with Crippen LogP contribution in [0.1, 0.15) is 107 Å². The molecule has 0 aromatic carbocycles. The molecule has 8 aliphatic heterocycles. The molecule has 0 radical (unpaired) electrons. The predicted octanol–water partition coefficient (Wildman–Crippen LogP) is 4.15. The quantitative estimate of drug-likeness (QED) is 0.205. The first-order valence-corrected chi connectivity index (χ1v) is 20.5. The van der Waals surface area contributed by atoms with E-state index in [2.05, 4.69) is 0 Å². The van der Waals surface area contributed by atoms with Crippen molar-refractivity contribution in [1.29, 1.82) is 0 Å². The van der Waals surface area contributed by atoms with Crippen molar-refractivity contribution in [2.45, 2.75) is 192 Å². The van der Waals surface area contributed by atoms with Crippen molar-refractivity contribution in [1.82, 2.24) is 0 Å². The molecule has 11 bridgehead atoms. The lowest BCUT2D eigenvalue weighted by Crippen LogP contribution is -2.61. The molecular weight excluding hydrogens is 715 g/mol. The second kappa shape index (κ2) is 14.1. The minimum absolute atomic E-state index is 0.318. The summed E-state index contributed by atoms with van der Waals surface area (Å²) in [6.45, 7) is 11.8. The molecule has 14 nitrogen and oxygen atoms in total. The summed E-state index contributed by atoms with van der Waals surface area (Å²) in [4.78, 5) is 29.2. The van der Waals surface area contributed by atoms with Gasteiger partial charge in [-0.25, -0.2) is 9.59 Å². The highest BCUT2D eigenvalue weighted by Crippen LogP contribution is 2.57. The predicted molar refractivity (Wildman–Crippen MR) is 194 cm³/mol. The Morgan fingerprint density at radius 3 is 1.44 bits per heavy atom.